The van der Waals surface area contributed by atoms with E-state index in [1.165, 1.54) is 6.07 Å². The number of carbonyl (C=O) groups is 1. The molecule has 0 aliphatic heterocycles. The molecule has 0 fully saturated rings. The highest BCUT2D eigenvalue weighted by Crippen LogP contribution is 2.15. The molecule has 0 saturated heterocycles. The van der Waals surface area contributed by atoms with Gasteiger partial charge in [-0.3, -0.25) is 9.71 Å². The van der Waals surface area contributed by atoms with Gasteiger partial charge in [-0.25, -0.2) is 22.6 Å². The van der Waals surface area contributed by atoms with Crippen molar-refractivity contribution in [1.82, 2.24) is 9.97 Å². The van der Waals surface area contributed by atoms with Gasteiger partial charge in [0.25, 0.3) is 10.0 Å². The lowest BCUT2D eigenvalue weighted by Gasteiger charge is -2.07. The molecule has 0 aromatic carbocycles. The van der Waals surface area contributed by atoms with E-state index in [0.29, 0.717) is 0 Å². The second-order valence-corrected chi connectivity index (χ2v) is 5.36. The van der Waals surface area contributed by atoms with Crippen molar-refractivity contribution in [2.24, 2.45) is 0 Å². The quantitative estimate of drug-likeness (QED) is 0.875. The lowest BCUT2D eigenvalue weighted by atomic mass is 10.3. The van der Waals surface area contributed by atoms with E-state index < -0.39 is 21.8 Å². The molecule has 0 aliphatic rings. The number of hydrogen-bond acceptors (Lipinski definition) is 5. The fourth-order valence-electron chi connectivity index (χ4n) is 1.33. The molecular weight excluding hydrogens is 289 g/mol. The van der Waals surface area contributed by atoms with E-state index >= 15 is 0 Å². The fourth-order valence-corrected chi connectivity index (χ4v) is 2.35. The monoisotopic (exact) mass is 297 g/mol. The van der Waals surface area contributed by atoms with Crippen molar-refractivity contribution in [3.8, 4) is 0 Å². The summed E-state index contributed by atoms with van der Waals surface area (Å²) in [6, 6.07) is 3.19. The number of nitrogens with zero attached hydrogens (tertiary/aromatic N) is 2. The van der Waals surface area contributed by atoms with Crippen LogP contribution in [0.3, 0.4) is 0 Å². The van der Waals surface area contributed by atoms with Gasteiger partial charge < -0.3 is 5.11 Å². The smallest absolute Gasteiger partial charge is 0.354 e. The molecule has 2 N–H and O–H groups in total. The van der Waals surface area contributed by atoms with Crippen LogP contribution in [0.15, 0.2) is 41.7 Å². The summed E-state index contributed by atoms with van der Waals surface area (Å²) < 4.78 is 38.9. The van der Waals surface area contributed by atoms with Crippen molar-refractivity contribution in [3.05, 3.63) is 48.3 Å². The van der Waals surface area contributed by atoms with E-state index in [-0.39, 0.29) is 16.3 Å². The maximum absolute atomic E-state index is 12.9. The summed E-state index contributed by atoms with van der Waals surface area (Å²) in [6.07, 6.45) is 2.92. The van der Waals surface area contributed by atoms with E-state index in [9.17, 15) is 17.6 Å². The van der Waals surface area contributed by atoms with Crippen LogP contribution in [0.1, 0.15) is 10.5 Å². The van der Waals surface area contributed by atoms with Crippen molar-refractivity contribution in [2.75, 3.05) is 4.72 Å². The maximum atomic E-state index is 12.9. The summed E-state index contributed by atoms with van der Waals surface area (Å²) in [7, 11) is -4.01. The Bertz CT molecular complexity index is 747. The van der Waals surface area contributed by atoms with Crippen molar-refractivity contribution < 1.29 is 22.7 Å². The Morgan fingerprint density at radius 3 is 2.55 bits per heavy atom. The zero-order valence-corrected chi connectivity index (χ0v) is 10.6. The topological polar surface area (TPSA) is 109 Å². The average Bonchev–Trinajstić information content (AvgIpc) is 2.39. The van der Waals surface area contributed by atoms with Gasteiger partial charge in [0.15, 0.2) is 0 Å². The zero-order chi connectivity index (χ0) is 14.8. The van der Waals surface area contributed by atoms with Gasteiger partial charge in [-0.2, -0.15) is 0 Å². The Morgan fingerprint density at radius 1 is 1.25 bits per heavy atom. The molecule has 0 spiro atoms. The van der Waals surface area contributed by atoms with Crippen LogP contribution in [0.2, 0.25) is 0 Å². The van der Waals surface area contributed by atoms with Gasteiger partial charge in [0.2, 0.25) is 0 Å². The number of anilines is 1. The van der Waals surface area contributed by atoms with Crippen LogP contribution in [0, 0.1) is 5.82 Å². The number of rotatable bonds is 4. The highest BCUT2D eigenvalue weighted by Gasteiger charge is 2.16. The molecule has 2 heterocycles. The van der Waals surface area contributed by atoms with Crippen LogP contribution in [-0.2, 0) is 10.0 Å². The summed E-state index contributed by atoms with van der Waals surface area (Å²) in [5.74, 6) is -2.01. The first-order chi connectivity index (χ1) is 9.38. The molecule has 0 amide bonds. The minimum Gasteiger partial charge on any atom is -0.477 e. The summed E-state index contributed by atoms with van der Waals surface area (Å²) in [5, 5.41) is 8.67. The standard InChI is InChI=1S/C11H8FN3O4S/c12-7-3-9(6-13-4-7)20(18,19)15-8-1-2-10(11(16)17)14-5-8/h1-6,15H,(H,16,17). The van der Waals surface area contributed by atoms with Crippen molar-refractivity contribution in [1.29, 1.82) is 0 Å². The molecule has 104 valence electrons. The molecule has 0 radical (unpaired) electrons. The summed E-state index contributed by atoms with van der Waals surface area (Å²) in [6.45, 7) is 0. The third-order valence-electron chi connectivity index (χ3n) is 2.22. The first-order valence-electron chi connectivity index (χ1n) is 5.21. The number of halogens is 1. The zero-order valence-electron chi connectivity index (χ0n) is 9.82. The van der Waals surface area contributed by atoms with Crippen LogP contribution in [0.25, 0.3) is 0 Å². The van der Waals surface area contributed by atoms with Crippen molar-refractivity contribution >= 4 is 21.7 Å². The van der Waals surface area contributed by atoms with Crippen LogP contribution in [-0.4, -0.2) is 29.5 Å². The molecule has 0 atom stereocenters. The molecule has 2 aromatic rings. The third kappa shape index (κ3) is 3.06. The van der Waals surface area contributed by atoms with Crippen molar-refractivity contribution in [3.63, 3.8) is 0 Å². The Balaban J connectivity index is 2.26. The van der Waals surface area contributed by atoms with Gasteiger partial charge in [-0.05, 0) is 18.2 Å². The number of nitrogens with one attached hydrogen (secondary N) is 1. The van der Waals surface area contributed by atoms with Gasteiger partial charge in [0.05, 0.1) is 18.1 Å². The SMILES string of the molecule is O=C(O)c1ccc(NS(=O)(=O)c2cncc(F)c2)cn1. The van der Waals surface area contributed by atoms with E-state index in [4.69, 9.17) is 5.11 Å². The minimum absolute atomic E-state index is 0.0549. The van der Waals surface area contributed by atoms with Gasteiger partial charge in [-0.15, -0.1) is 0 Å². The highest BCUT2D eigenvalue weighted by atomic mass is 32.2. The van der Waals surface area contributed by atoms with Gasteiger partial charge in [0, 0.05) is 6.20 Å². The number of sulfonamides is 1. The molecule has 0 aliphatic carbocycles. The van der Waals surface area contributed by atoms with Crippen LogP contribution >= 0.6 is 0 Å². The van der Waals surface area contributed by atoms with E-state index in [1.807, 2.05) is 0 Å². The second kappa shape index (κ2) is 5.21. The minimum atomic E-state index is -4.01. The molecule has 9 heteroatoms. The molecular formula is C11H8FN3O4S. The second-order valence-electron chi connectivity index (χ2n) is 3.68. The van der Waals surface area contributed by atoms with E-state index in [2.05, 4.69) is 14.7 Å². The first kappa shape index (κ1) is 13.9. The summed E-state index contributed by atoms with van der Waals surface area (Å²) in [4.78, 5) is 17.3. The van der Waals surface area contributed by atoms with Crippen LogP contribution in [0.5, 0.6) is 0 Å². The Labute approximate surface area is 113 Å². The number of aromatic nitrogens is 2. The van der Waals surface area contributed by atoms with Gasteiger partial charge in [-0.1, -0.05) is 0 Å². The molecule has 2 rings (SSSR count). The number of carboxylic acid groups (broad SMARTS) is 1. The Morgan fingerprint density at radius 2 is 2.00 bits per heavy atom. The fraction of sp³-hybridized carbons (Fsp3) is 0. The molecule has 7 nitrogen and oxygen atoms in total. The molecule has 0 saturated carbocycles. The van der Waals surface area contributed by atoms with E-state index in [1.54, 1.807) is 0 Å². The Hall–Kier alpha value is -2.55. The van der Waals surface area contributed by atoms with Crippen molar-refractivity contribution in [2.45, 2.75) is 4.90 Å². The lowest BCUT2D eigenvalue weighted by Crippen LogP contribution is -2.14. The molecule has 20 heavy (non-hydrogen) atoms. The number of pyridine rings is 2. The summed E-state index contributed by atoms with van der Waals surface area (Å²) in [5.41, 5.74) is -0.167. The third-order valence-corrected chi connectivity index (χ3v) is 3.57. The normalized spacial score (nSPS) is 11.1. The number of carboxylic acids is 1. The molecule has 0 unspecified atom stereocenters. The van der Waals surface area contributed by atoms with E-state index in [0.717, 1.165) is 30.7 Å². The predicted octanol–water partition coefficient (Wildman–Crippen LogP) is 1.11. The average molecular weight is 297 g/mol. The van der Waals surface area contributed by atoms with Gasteiger partial charge in [0.1, 0.15) is 16.4 Å². The number of aromatic carboxylic acids is 1. The van der Waals surface area contributed by atoms with Crippen LogP contribution < -0.4 is 4.72 Å². The highest BCUT2D eigenvalue weighted by molar-refractivity contribution is 7.92. The molecule has 0 bridgehead atoms. The summed E-state index contributed by atoms with van der Waals surface area (Å²) >= 11 is 0. The van der Waals surface area contributed by atoms with Crippen LogP contribution in [0.4, 0.5) is 10.1 Å². The lowest BCUT2D eigenvalue weighted by molar-refractivity contribution is 0.0690. The number of hydrogen-bond donors (Lipinski definition) is 2. The molecule has 2 aromatic heterocycles. The van der Waals surface area contributed by atoms with Gasteiger partial charge >= 0.3 is 5.97 Å². The predicted molar refractivity (Wildman–Crippen MR) is 66.2 cm³/mol. The largest absolute Gasteiger partial charge is 0.477 e. The Kier molecular flexibility index (Phi) is 3.61. The first-order valence-corrected chi connectivity index (χ1v) is 6.69. The maximum Gasteiger partial charge on any atom is 0.354 e.